The van der Waals surface area contributed by atoms with E-state index in [1.165, 1.54) is 0 Å². The Morgan fingerprint density at radius 3 is 2.66 bits per heavy atom. The van der Waals surface area contributed by atoms with Gasteiger partial charge in [0.1, 0.15) is 17.3 Å². The molecule has 6 heteroatoms. The largest absolute Gasteiger partial charge is 0.494 e. The molecule has 1 aliphatic rings. The van der Waals surface area contributed by atoms with Crippen LogP contribution >= 0.6 is 0 Å². The van der Waals surface area contributed by atoms with Gasteiger partial charge in [-0.1, -0.05) is 48.5 Å². The SMILES string of the molecule is CCOc1ccccc1C(C)Nc1nc(-c2ccccc2)nc2c1CCNC2=O. The minimum absolute atomic E-state index is 0.0506. The summed E-state index contributed by atoms with van der Waals surface area (Å²) in [5.74, 6) is 1.92. The predicted octanol–water partition coefficient (Wildman–Crippen LogP) is 4.00. The monoisotopic (exact) mass is 388 g/mol. The summed E-state index contributed by atoms with van der Waals surface area (Å²) in [6.45, 7) is 5.22. The van der Waals surface area contributed by atoms with Gasteiger partial charge in [-0.3, -0.25) is 4.79 Å². The highest BCUT2D eigenvalue weighted by atomic mass is 16.5. The van der Waals surface area contributed by atoms with Crippen molar-refractivity contribution in [3.05, 3.63) is 71.4 Å². The van der Waals surface area contributed by atoms with Crippen molar-refractivity contribution in [2.45, 2.75) is 26.3 Å². The van der Waals surface area contributed by atoms with Gasteiger partial charge >= 0.3 is 0 Å². The Labute approximate surface area is 170 Å². The van der Waals surface area contributed by atoms with E-state index < -0.39 is 0 Å². The van der Waals surface area contributed by atoms with E-state index in [4.69, 9.17) is 9.72 Å². The molecule has 2 heterocycles. The molecule has 1 amide bonds. The number of ether oxygens (including phenoxy) is 1. The number of carbonyl (C=O) groups excluding carboxylic acids is 1. The summed E-state index contributed by atoms with van der Waals surface area (Å²) in [4.78, 5) is 21.8. The second kappa shape index (κ2) is 8.31. The number of amides is 1. The molecule has 6 nitrogen and oxygen atoms in total. The zero-order valence-electron chi connectivity index (χ0n) is 16.6. The van der Waals surface area contributed by atoms with Gasteiger partial charge in [0.05, 0.1) is 12.6 Å². The highest BCUT2D eigenvalue weighted by Crippen LogP contribution is 2.31. The Morgan fingerprint density at radius 1 is 1.10 bits per heavy atom. The molecule has 1 atom stereocenters. The number of benzene rings is 2. The molecule has 0 saturated carbocycles. The first-order valence-electron chi connectivity index (χ1n) is 9.90. The molecule has 0 spiro atoms. The Hall–Kier alpha value is -3.41. The first-order valence-corrected chi connectivity index (χ1v) is 9.90. The van der Waals surface area contributed by atoms with Crippen molar-refractivity contribution in [1.82, 2.24) is 15.3 Å². The van der Waals surface area contributed by atoms with Crippen LogP contribution in [0.5, 0.6) is 5.75 Å². The van der Waals surface area contributed by atoms with Gasteiger partial charge in [-0.2, -0.15) is 0 Å². The topological polar surface area (TPSA) is 76.1 Å². The van der Waals surface area contributed by atoms with Crippen LogP contribution in [-0.2, 0) is 6.42 Å². The normalized spacial score (nSPS) is 13.9. The number of aromatic nitrogens is 2. The number of fused-ring (bicyclic) bond motifs is 1. The zero-order valence-corrected chi connectivity index (χ0v) is 16.6. The van der Waals surface area contributed by atoms with E-state index in [0.29, 0.717) is 36.9 Å². The van der Waals surface area contributed by atoms with E-state index in [1.54, 1.807) is 0 Å². The molecule has 1 aliphatic heterocycles. The lowest BCUT2D eigenvalue weighted by Gasteiger charge is -2.23. The van der Waals surface area contributed by atoms with Crippen molar-refractivity contribution in [2.24, 2.45) is 0 Å². The molecule has 0 aliphatic carbocycles. The molecule has 0 bridgehead atoms. The smallest absolute Gasteiger partial charge is 0.270 e. The summed E-state index contributed by atoms with van der Waals surface area (Å²) in [6.07, 6.45) is 0.693. The molecule has 29 heavy (non-hydrogen) atoms. The Kier molecular flexibility index (Phi) is 5.42. The zero-order chi connectivity index (χ0) is 20.2. The van der Waals surface area contributed by atoms with E-state index in [1.807, 2.05) is 61.5 Å². The average molecular weight is 388 g/mol. The molecule has 0 fully saturated rings. The van der Waals surface area contributed by atoms with E-state index in [9.17, 15) is 4.79 Å². The molecule has 0 saturated heterocycles. The summed E-state index contributed by atoms with van der Waals surface area (Å²) in [5, 5.41) is 6.38. The number of anilines is 1. The fourth-order valence-electron chi connectivity index (χ4n) is 3.54. The van der Waals surface area contributed by atoms with Gasteiger partial charge in [0.2, 0.25) is 0 Å². The molecule has 2 N–H and O–H groups in total. The van der Waals surface area contributed by atoms with Gasteiger partial charge in [0, 0.05) is 23.2 Å². The molecule has 4 rings (SSSR count). The summed E-state index contributed by atoms with van der Waals surface area (Å²) in [5.41, 5.74) is 3.22. The standard InChI is InChI=1S/C23H24N4O2/c1-3-29-19-12-8-7-11-17(19)15(2)25-22-18-13-14-24-23(28)20(18)26-21(27-22)16-9-5-4-6-10-16/h4-12,15H,3,13-14H2,1-2H3,(H,24,28)(H,25,26,27). The molecule has 148 valence electrons. The first kappa shape index (κ1) is 18.9. The maximum absolute atomic E-state index is 12.5. The lowest BCUT2D eigenvalue weighted by atomic mass is 10.0. The summed E-state index contributed by atoms with van der Waals surface area (Å²) in [6, 6.07) is 17.6. The molecular formula is C23H24N4O2. The lowest BCUT2D eigenvalue weighted by Crippen LogP contribution is -2.34. The molecule has 1 aromatic heterocycles. The Morgan fingerprint density at radius 2 is 1.86 bits per heavy atom. The molecule has 1 unspecified atom stereocenters. The quantitative estimate of drug-likeness (QED) is 0.667. The Balaban J connectivity index is 1.75. The second-order valence-electron chi connectivity index (χ2n) is 6.93. The number of nitrogens with one attached hydrogen (secondary N) is 2. The highest BCUT2D eigenvalue weighted by Gasteiger charge is 2.25. The summed E-state index contributed by atoms with van der Waals surface area (Å²) >= 11 is 0. The predicted molar refractivity (Wildman–Crippen MR) is 113 cm³/mol. The number of carbonyl (C=O) groups is 1. The minimum atomic E-state index is -0.156. The van der Waals surface area contributed by atoms with Crippen LogP contribution in [0.1, 0.15) is 41.5 Å². The van der Waals surface area contributed by atoms with Gasteiger partial charge in [0.25, 0.3) is 5.91 Å². The van der Waals surface area contributed by atoms with Gasteiger partial charge < -0.3 is 15.4 Å². The van der Waals surface area contributed by atoms with Crippen LogP contribution in [-0.4, -0.2) is 29.0 Å². The van der Waals surface area contributed by atoms with Gasteiger partial charge in [-0.25, -0.2) is 9.97 Å². The fourth-order valence-corrected chi connectivity index (χ4v) is 3.54. The van der Waals surface area contributed by atoms with Gasteiger partial charge in [0.15, 0.2) is 5.82 Å². The Bertz CT molecular complexity index is 1020. The van der Waals surface area contributed by atoms with Crippen LogP contribution in [0.2, 0.25) is 0 Å². The van der Waals surface area contributed by atoms with Crippen LogP contribution in [0.15, 0.2) is 54.6 Å². The number of hydrogen-bond acceptors (Lipinski definition) is 5. The van der Waals surface area contributed by atoms with Crippen LogP contribution in [0.3, 0.4) is 0 Å². The van der Waals surface area contributed by atoms with Crippen molar-refractivity contribution >= 4 is 11.7 Å². The maximum atomic E-state index is 12.5. The lowest BCUT2D eigenvalue weighted by molar-refractivity contribution is 0.0940. The third-order valence-electron chi connectivity index (χ3n) is 4.95. The maximum Gasteiger partial charge on any atom is 0.270 e. The highest BCUT2D eigenvalue weighted by molar-refractivity contribution is 5.96. The van der Waals surface area contributed by atoms with E-state index in [-0.39, 0.29) is 11.9 Å². The van der Waals surface area contributed by atoms with Crippen molar-refractivity contribution < 1.29 is 9.53 Å². The van der Waals surface area contributed by atoms with Crippen LogP contribution in [0, 0.1) is 0 Å². The molecule has 0 radical (unpaired) electrons. The third-order valence-corrected chi connectivity index (χ3v) is 4.95. The van der Waals surface area contributed by atoms with Crippen LogP contribution < -0.4 is 15.4 Å². The van der Waals surface area contributed by atoms with Gasteiger partial charge in [-0.05, 0) is 26.3 Å². The van der Waals surface area contributed by atoms with Crippen molar-refractivity contribution in [1.29, 1.82) is 0 Å². The summed E-state index contributed by atoms with van der Waals surface area (Å²) in [7, 11) is 0. The number of rotatable bonds is 6. The van der Waals surface area contributed by atoms with Crippen LogP contribution in [0.4, 0.5) is 5.82 Å². The van der Waals surface area contributed by atoms with Gasteiger partial charge in [-0.15, -0.1) is 0 Å². The van der Waals surface area contributed by atoms with Crippen molar-refractivity contribution in [3.63, 3.8) is 0 Å². The van der Waals surface area contributed by atoms with Crippen molar-refractivity contribution in [2.75, 3.05) is 18.5 Å². The number of nitrogens with zero attached hydrogens (tertiary/aromatic N) is 2. The number of para-hydroxylation sites is 1. The average Bonchev–Trinajstić information content (AvgIpc) is 2.75. The fraction of sp³-hybridized carbons (Fsp3) is 0.261. The molecule has 3 aromatic rings. The summed E-state index contributed by atoms with van der Waals surface area (Å²) < 4.78 is 5.78. The second-order valence-corrected chi connectivity index (χ2v) is 6.93. The molecule has 2 aromatic carbocycles. The minimum Gasteiger partial charge on any atom is -0.494 e. The van der Waals surface area contributed by atoms with Crippen molar-refractivity contribution in [3.8, 4) is 17.1 Å². The third kappa shape index (κ3) is 3.92. The van der Waals surface area contributed by atoms with E-state index in [2.05, 4.69) is 22.5 Å². The van der Waals surface area contributed by atoms with E-state index >= 15 is 0 Å². The molecular weight excluding hydrogens is 364 g/mol. The van der Waals surface area contributed by atoms with Crippen LogP contribution in [0.25, 0.3) is 11.4 Å². The van der Waals surface area contributed by atoms with E-state index in [0.717, 1.165) is 22.4 Å². The number of hydrogen-bond donors (Lipinski definition) is 2. The first-order chi connectivity index (χ1) is 14.2.